The third-order valence-electron chi connectivity index (χ3n) is 10.2. The molecule has 0 radical (unpaired) electrons. The molecule has 2 saturated heterocycles. The zero-order valence-electron chi connectivity index (χ0n) is 26.7. The van der Waals surface area contributed by atoms with E-state index < -0.39 is 32.2 Å². The highest BCUT2D eigenvalue weighted by molar-refractivity contribution is 6.58. The minimum absolute atomic E-state index is 0.195. The largest absolute Gasteiger partial charge is 0.507 e. The Kier molecular flexibility index (Phi) is 8.83. The van der Waals surface area contributed by atoms with Crippen molar-refractivity contribution in [2.45, 2.75) is 45.0 Å². The van der Waals surface area contributed by atoms with E-state index in [-0.39, 0.29) is 35.3 Å². The summed E-state index contributed by atoms with van der Waals surface area (Å²) in [5.41, 5.74) is 5.73. The van der Waals surface area contributed by atoms with Crippen molar-refractivity contribution in [3.63, 3.8) is 0 Å². The Balaban J connectivity index is 1.22. The summed E-state index contributed by atoms with van der Waals surface area (Å²) in [5, 5.41) is 42.7. The molecule has 1 aliphatic carbocycles. The normalized spacial score (nSPS) is 22.7. The topological polar surface area (TPSA) is 128 Å². The summed E-state index contributed by atoms with van der Waals surface area (Å²) in [5.74, 6) is -1.95. The van der Waals surface area contributed by atoms with Gasteiger partial charge in [0.2, 0.25) is 11.8 Å². The number of hydrogen-bond acceptors (Lipinski definition) is 7. The van der Waals surface area contributed by atoms with Crippen LogP contribution >= 0.6 is 0 Å². The van der Waals surface area contributed by atoms with Crippen molar-refractivity contribution in [3.05, 3.63) is 113 Å². The Morgan fingerprint density at radius 2 is 1.69 bits per heavy atom. The first kappa shape index (κ1) is 32.1. The first-order valence-electron chi connectivity index (χ1n) is 16.6. The predicted molar refractivity (Wildman–Crippen MR) is 188 cm³/mol. The molecular weight excluding hydrogens is 604 g/mol. The molecule has 2 aliphatic heterocycles. The molecule has 48 heavy (non-hydrogen) atoms. The van der Waals surface area contributed by atoms with Crippen LogP contribution in [0.1, 0.15) is 43.7 Å². The van der Waals surface area contributed by atoms with Gasteiger partial charge in [0.25, 0.3) is 0 Å². The number of benzene rings is 4. The predicted octanol–water partition coefficient (Wildman–Crippen LogP) is 4.96. The monoisotopic (exact) mass is 641 g/mol. The van der Waals surface area contributed by atoms with Crippen molar-refractivity contribution in [2.75, 3.05) is 4.90 Å². The fourth-order valence-electron chi connectivity index (χ4n) is 8.04. The Labute approximate surface area is 280 Å². The second-order valence-corrected chi connectivity index (χ2v) is 12.9. The number of allylic oxidation sites excluding steroid dienone is 2. The number of amides is 2. The van der Waals surface area contributed by atoms with Crippen molar-refractivity contribution in [1.29, 1.82) is 0 Å². The van der Waals surface area contributed by atoms with Crippen LogP contribution in [-0.2, 0) is 14.2 Å². The van der Waals surface area contributed by atoms with Crippen LogP contribution in [0, 0.1) is 17.8 Å². The molecule has 8 nitrogen and oxygen atoms in total. The molecule has 2 amide bonds. The lowest BCUT2D eigenvalue weighted by Gasteiger charge is -2.43. The number of carbonyl (C=O) groups excluding carboxylic acids is 2. The van der Waals surface area contributed by atoms with Crippen LogP contribution in [0.4, 0.5) is 5.69 Å². The molecule has 4 aromatic carbocycles. The number of aromatic hydroxyl groups is 1. The van der Waals surface area contributed by atoms with Gasteiger partial charge < -0.3 is 24.8 Å². The van der Waals surface area contributed by atoms with Crippen LogP contribution in [0.3, 0.4) is 0 Å². The van der Waals surface area contributed by atoms with Crippen molar-refractivity contribution in [1.82, 2.24) is 0 Å². The molecule has 10 heteroatoms. The molecular formula is C38H37B2NO7. The molecule has 4 aromatic rings. The van der Waals surface area contributed by atoms with Crippen LogP contribution in [0.5, 0.6) is 5.75 Å². The number of rotatable bonds is 8. The molecule has 0 bridgehead atoms. The van der Waals surface area contributed by atoms with Crippen molar-refractivity contribution < 1.29 is 34.4 Å². The number of imide groups is 1. The van der Waals surface area contributed by atoms with Gasteiger partial charge in [-0.2, -0.15) is 0 Å². The standard InChI is InChI=1S/C38H37B2NO7/c1-2-23-20-31-36(38(44)41(37(31)43)28-12-8-11-27(21-28)40(46)47)32-22-39(45)48-34(35(23)32)18-16-25(24-9-4-3-5-10-24)19-26-15-17-33(42)30-14-7-6-13-29(26)30/h3-15,17,19,21,31-32,34,36,42,45-47H,2,16,18,20,22H2,1H3/b25-19-/t31-,32+,34-,36-/m1/s1. The number of anilines is 1. The van der Waals surface area contributed by atoms with Crippen molar-refractivity contribution in [3.8, 4) is 5.75 Å². The summed E-state index contributed by atoms with van der Waals surface area (Å²) in [6, 6.07) is 27.7. The molecule has 0 saturated carbocycles. The maximum Gasteiger partial charge on any atom is 0.488 e. The van der Waals surface area contributed by atoms with E-state index in [4.69, 9.17) is 4.65 Å². The van der Waals surface area contributed by atoms with E-state index in [9.17, 15) is 29.8 Å². The molecule has 4 N–H and O–H groups in total. The Hall–Kier alpha value is -4.47. The van der Waals surface area contributed by atoms with Crippen molar-refractivity contribution >= 4 is 59.6 Å². The minimum atomic E-state index is -1.73. The lowest BCUT2D eigenvalue weighted by atomic mass is 9.58. The van der Waals surface area contributed by atoms with Gasteiger partial charge >= 0.3 is 14.2 Å². The molecule has 2 heterocycles. The van der Waals surface area contributed by atoms with Gasteiger partial charge in [-0.3, -0.25) is 14.5 Å². The van der Waals surface area contributed by atoms with Gasteiger partial charge in [0.1, 0.15) is 5.75 Å². The van der Waals surface area contributed by atoms with Crippen LogP contribution in [0.25, 0.3) is 22.4 Å². The van der Waals surface area contributed by atoms with E-state index >= 15 is 0 Å². The highest BCUT2D eigenvalue weighted by Gasteiger charge is 2.57. The average molecular weight is 641 g/mol. The van der Waals surface area contributed by atoms with E-state index in [1.807, 2.05) is 48.5 Å². The third kappa shape index (κ3) is 5.79. The zero-order valence-corrected chi connectivity index (χ0v) is 26.7. The summed E-state index contributed by atoms with van der Waals surface area (Å²) < 4.78 is 6.25. The number of carbonyl (C=O) groups is 2. The van der Waals surface area contributed by atoms with Crippen LogP contribution < -0.4 is 10.4 Å². The number of hydrogen-bond donors (Lipinski definition) is 4. The highest BCUT2D eigenvalue weighted by Crippen LogP contribution is 2.52. The SMILES string of the molecule is CCC1=C2[C@@H](CC/C(=C/c3ccc(O)c4ccccc34)c3ccccc3)OB(O)C[C@@H]2[C@@H]2C(=O)N(c3cccc(B(O)O)c3)C(=O)[C@@H]2C1. The summed E-state index contributed by atoms with van der Waals surface area (Å²) in [6.45, 7) is 2.05. The van der Waals surface area contributed by atoms with E-state index in [1.54, 1.807) is 18.2 Å². The second-order valence-electron chi connectivity index (χ2n) is 12.9. The first-order chi connectivity index (χ1) is 23.2. The lowest BCUT2D eigenvalue weighted by Crippen LogP contribution is -2.46. The fourth-order valence-corrected chi connectivity index (χ4v) is 8.04. The maximum absolute atomic E-state index is 14.1. The minimum Gasteiger partial charge on any atom is -0.507 e. The van der Waals surface area contributed by atoms with Gasteiger partial charge in [0, 0.05) is 5.39 Å². The smallest absolute Gasteiger partial charge is 0.488 e. The Morgan fingerprint density at radius 1 is 0.938 bits per heavy atom. The van der Waals surface area contributed by atoms with E-state index in [2.05, 4.69) is 25.1 Å². The molecule has 0 aromatic heterocycles. The molecule has 0 spiro atoms. The van der Waals surface area contributed by atoms with E-state index in [0.717, 1.165) is 38.6 Å². The van der Waals surface area contributed by atoms with E-state index in [0.29, 0.717) is 31.4 Å². The second kappa shape index (κ2) is 13.2. The van der Waals surface area contributed by atoms with Gasteiger partial charge in [0.15, 0.2) is 0 Å². The average Bonchev–Trinajstić information content (AvgIpc) is 3.36. The molecule has 4 atom stereocenters. The van der Waals surface area contributed by atoms with Gasteiger partial charge in [0.05, 0.1) is 23.6 Å². The van der Waals surface area contributed by atoms with E-state index in [1.165, 1.54) is 17.0 Å². The number of fused-ring (bicyclic) bond motifs is 4. The Bertz CT molecular complexity index is 1940. The van der Waals surface area contributed by atoms with Crippen LogP contribution in [-0.4, -0.2) is 52.3 Å². The van der Waals surface area contributed by atoms with Gasteiger partial charge in [-0.25, -0.2) is 0 Å². The molecule has 0 unspecified atom stereocenters. The van der Waals surface area contributed by atoms with Crippen LogP contribution in [0.15, 0.2) is 102 Å². The Morgan fingerprint density at radius 3 is 2.44 bits per heavy atom. The van der Waals surface area contributed by atoms with Gasteiger partial charge in [-0.15, -0.1) is 0 Å². The van der Waals surface area contributed by atoms with Crippen LogP contribution in [0.2, 0.25) is 6.32 Å². The highest BCUT2D eigenvalue weighted by atomic mass is 16.5. The molecule has 7 rings (SSSR count). The molecule has 242 valence electrons. The maximum atomic E-state index is 14.1. The summed E-state index contributed by atoms with van der Waals surface area (Å²) >= 11 is 0. The summed E-state index contributed by atoms with van der Waals surface area (Å²) in [4.78, 5) is 29.1. The quantitative estimate of drug-likeness (QED) is 0.0928. The number of phenolic OH excluding ortho intramolecular Hbond substituents is 1. The molecule has 2 fully saturated rings. The zero-order chi connectivity index (χ0) is 33.5. The van der Waals surface area contributed by atoms with Crippen molar-refractivity contribution in [2.24, 2.45) is 17.8 Å². The summed E-state index contributed by atoms with van der Waals surface area (Å²) in [7, 11) is -2.82. The third-order valence-corrected chi connectivity index (χ3v) is 10.2. The molecule has 3 aliphatic rings. The van der Waals surface area contributed by atoms with Gasteiger partial charge in [-0.05, 0) is 89.2 Å². The lowest BCUT2D eigenvalue weighted by molar-refractivity contribution is -0.122. The number of phenols is 1. The number of nitrogens with zero attached hydrogens (tertiary/aromatic N) is 1. The first-order valence-corrected chi connectivity index (χ1v) is 16.6. The van der Waals surface area contributed by atoms with Gasteiger partial charge in [-0.1, -0.05) is 91.4 Å². The summed E-state index contributed by atoms with van der Waals surface area (Å²) in [6.07, 6.45) is 4.24. The fraction of sp³-hybridized carbons (Fsp3) is 0.263.